The predicted molar refractivity (Wildman–Crippen MR) is 157 cm³/mol. The molecule has 0 fully saturated rings. The molecule has 6 heteroatoms. The van der Waals surface area contributed by atoms with E-state index in [9.17, 15) is 0 Å². The van der Waals surface area contributed by atoms with Gasteiger partial charge in [-0.1, -0.05) is 0 Å². The van der Waals surface area contributed by atoms with Gasteiger partial charge in [-0.2, -0.15) is 0 Å². The number of anilines is 1. The van der Waals surface area contributed by atoms with E-state index >= 15 is 0 Å². The maximum atomic E-state index is 2.56. The van der Waals surface area contributed by atoms with Crippen molar-refractivity contribution in [3.63, 3.8) is 0 Å². The topological polar surface area (TPSA) is 3.24 Å². The van der Waals surface area contributed by atoms with Crippen molar-refractivity contribution in [3.8, 4) is 0 Å². The Morgan fingerprint density at radius 3 is 1.41 bits per heavy atom. The smallest absolute Gasteiger partial charge is 1.00 e. The Labute approximate surface area is 268 Å². The third-order valence-electron chi connectivity index (χ3n) is 8.60. The summed E-state index contributed by atoms with van der Waals surface area (Å²) in [6.07, 6.45) is 0. The molecule has 3 aromatic rings. The molecule has 1 nitrogen and oxygen atoms in total. The number of rotatable bonds is 5. The number of nitrogens with zero attached hydrogens (tertiary/aromatic N) is 1. The van der Waals surface area contributed by atoms with Crippen LogP contribution in [0.15, 0.2) is 81.3 Å². The molecule has 0 N–H and O–H groups in total. The first-order valence-corrected chi connectivity index (χ1v) is 15.7. The normalized spacial score (nSPS) is 16.9. The minimum absolute atomic E-state index is 0. The van der Waals surface area contributed by atoms with E-state index in [-0.39, 0.29) is 42.3 Å². The summed E-state index contributed by atoms with van der Waals surface area (Å²) in [5, 5.41) is 4.40. The summed E-state index contributed by atoms with van der Waals surface area (Å²) < 4.78 is 1.53. The number of hydrogen-bond acceptors (Lipinski definition) is 1. The van der Waals surface area contributed by atoms with Crippen LogP contribution >= 0.6 is 0 Å². The molecular formula is C33H40Cl3NSiTi. The number of hydrogen-bond donors (Lipinski definition) is 0. The van der Waals surface area contributed by atoms with E-state index in [0.29, 0.717) is 0 Å². The predicted octanol–water partition coefficient (Wildman–Crippen LogP) is -2.60. The van der Waals surface area contributed by atoms with E-state index in [4.69, 9.17) is 0 Å². The maximum absolute atomic E-state index is 2.67. The molecular weight excluding hydrogens is 593 g/mol. The van der Waals surface area contributed by atoms with E-state index < -0.39 is 8.07 Å². The van der Waals surface area contributed by atoms with Gasteiger partial charge in [0.1, 0.15) is 0 Å². The third-order valence-corrected chi connectivity index (χ3v) is 16.0. The quantitative estimate of drug-likeness (QED) is 0.221. The summed E-state index contributed by atoms with van der Waals surface area (Å²) in [4.78, 5) is 2.24. The summed E-state index contributed by atoms with van der Waals surface area (Å²) >= 11 is 2.40. The van der Waals surface area contributed by atoms with Crippen LogP contribution < -0.4 is 57.7 Å². The summed E-state index contributed by atoms with van der Waals surface area (Å²) in [5.74, 6) is 0. The summed E-state index contributed by atoms with van der Waals surface area (Å²) in [5.41, 5.74) is 11.1. The molecule has 1 aliphatic carbocycles. The standard InChI is InChI=1S/C33H40NSi.3ClH.Ti/c1-22-14-23(2)17-31(16-22)35(32-18-24(3)15-25(4)19-32,30-13-11-12-29(20-30)34(9)10)33(8)21-26(5)27(6)28(33)7;;;;/h11-20H,1-10H3;3*1H;/q;;;;+3/p-3. The molecule has 1 atom stereocenters. The Morgan fingerprint density at radius 1 is 0.615 bits per heavy atom. The van der Waals surface area contributed by atoms with E-state index in [1.807, 2.05) is 0 Å². The van der Waals surface area contributed by atoms with Gasteiger partial charge >= 0.3 is 233 Å². The Balaban J connectivity index is 0.00000253. The number of halogens is 3. The van der Waals surface area contributed by atoms with Crippen molar-refractivity contribution in [2.75, 3.05) is 19.0 Å². The van der Waals surface area contributed by atoms with Crippen molar-refractivity contribution in [2.24, 2.45) is 0 Å². The van der Waals surface area contributed by atoms with Gasteiger partial charge < -0.3 is 37.2 Å². The van der Waals surface area contributed by atoms with Crippen molar-refractivity contribution >= 4 is 29.3 Å². The molecule has 0 aliphatic heterocycles. The van der Waals surface area contributed by atoms with Gasteiger partial charge in [-0.3, -0.25) is 0 Å². The molecule has 0 amide bonds. The minimum atomic E-state index is -2.67. The Morgan fingerprint density at radius 2 is 1.05 bits per heavy atom. The van der Waals surface area contributed by atoms with Gasteiger partial charge in [0.25, 0.3) is 0 Å². The van der Waals surface area contributed by atoms with Crippen molar-refractivity contribution in [3.05, 3.63) is 104 Å². The molecule has 39 heavy (non-hydrogen) atoms. The second-order valence-corrected chi connectivity index (χ2v) is 16.3. The second kappa shape index (κ2) is 13.2. The molecule has 0 saturated heterocycles. The summed E-state index contributed by atoms with van der Waals surface area (Å²) in [6, 6.07) is 24.0. The molecule has 0 spiro atoms. The van der Waals surface area contributed by atoms with Crippen LogP contribution in [0.1, 0.15) is 49.9 Å². The van der Waals surface area contributed by atoms with Gasteiger partial charge in [-0.15, -0.1) is 0 Å². The second-order valence-electron chi connectivity index (χ2n) is 11.3. The SMILES string of the molecule is CC1=C(C)C(C)([Si](c2cc(C)cc(C)c2)(c2cc(C)cc(C)c2)c2cccc(N(C)C)c2)[C]([Ti+3])=C1C.[Cl-].[Cl-].[Cl-]. The van der Waals surface area contributed by atoms with Gasteiger partial charge in [0.15, 0.2) is 0 Å². The van der Waals surface area contributed by atoms with Crippen LogP contribution in [-0.4, -0.2) is 22.2 Å². The Bertz CT molecular complexity index is 1310. The monoisotopic (exact) mass is 631 g/mol. The maximum Gasteiger partial charge on any atom is -1.00 e. The molecule has 1 unspecified atom stereocenters. The van der Waals surface area contributed by atoms with Gasteiger partial charge in [-0.25, -0.2) is 0 Å². The van der Waals surface area contributed by atoms with E-state index in [1.54, 1.807) is 0 Å². The first kappa shape index (κ1) is 35.8. The zero-order valence-electron chi connectivity index (χ0n) is 24.9. The van der Waals surface area contributed by atoms with E-state index in [0.717, 1.165) is 0 Å². The molecule has 206 valence electrons. The van der Waals surface area contributed by atoms with Gasteiger partial charge in [0, 0.05) is 0 Å². The average molecular weight is 633 g/mol. The molecule has 4 rings (SSSR count). The Hall–Kier alpha value is -1.26. The minimum Gasteiger partial charge on any atom is -1.00 e. The van der Waals surface area contributed by atoms with Crippen molar-refractivity contribution < 1.29 is 57.7 Å². The molecule has 0 saturated carbocycles. The van der Waals surface area contributed by atoms with Crippen molar-refractivity contribution in [2.45, 2.75) is 60.4 Å². The fraction of sp³-hybridized carbons (Fsp3) is 0.333. The van der Waals surface area contributed by atoms with Crippen LogP contribution in [0.3, 0.4) is 0 Å². The average Bonchev–Trinajstić information content (AvgIpc) is 2.94. The summed E-state index contributed by atoms with van der Waals surface area (Å²) in [7, 11) is 1.63. The number of allylic oxidation sites excluding steroid dienone is 4. The van der Waals surface area contributed by atoms with Gasteiger partial charge in [0.2, 0.25) is 0 Å². The number of aryl methyl sites for hydroxylation is 4. The summed E-state index contributed by atoms with van der Waals surface area (Å²) in [6.45, 7) is 18.6. The molecule has 0 bridgehead atoms. The molecule has 3 aromatic carbocycles. The van der Waals surface area contributed by atoms with Crippen LogP contribution in [-0.2, 0) is 20.4 Å². The van der Waals surface area contributed by atoms with Crippen LogP contribution in [0, 0.1) is 27.7 Å². The molecule has 0 heterocycles. The fourth-order valence-corrected chi connectivity index (χ4v) is 14.6. The Kier molecular flexibility index (Phi) is 12.1. The molecule has 0 radical (unpaired) electrons. The molecule has 1 aliphatic rings. The van der Waals surface area contributed by atoms with Gasteiger partial charge in [0.05, 0.1) is 0 Å². The van der Waals surface area contributed by atoms with Crippen LogP contribution in [0.2, 0.25) is 5.04 Å². The fourth-order valence-electron chi connectivity index (χ4n) is 6.64. The van der Waals surface area contributed by atoms with E-state index in [1.165, 1.54) is 64.1 Å². The first-order valence-electron chi connectivity index (χ1n) is 12.9. The molecule has 0 aromatic heterocycles. The zero-order valence-corrected chi connectivity index (χ0v) is 29.7. The largest absolute Gasteiger partial charge is 1.00 e. The van der Waals surface area contributed by atoms with Gasteiger partial charge in [-0.05, 0) is 0 Å². The van der Waals surface area contributed by atoms with Crippen molar-refractivity contribution in [1.82, 2.24) is 0 Å². The van der Waals surface area contributed by atoms with Crippen molar-refractivity contribution in [1.29, 1.82) is 0 Å². The first-order chi connectivity index (χ1) is 16.8. The van der Waals surface area contributed by atoms with Crippen LogP contribution in [0.5, 0.6) is 0 Å². The van der Waals surface area contributed by atoms with Crippen LogP contribution in [0.25, 0.3) is 0 Å². The van der Waals surface area contributed by atoms with Crippen LogP contribution in [0.4, 0.5) is 5.69 Å². The third kappa shape index (κ3) is 5.76. The number of benzene rings is 3. The zero-order chi connectivity index (χ0) is 26.6. The van der Waals surface area contributed by atoms with E-state index in [2.05, 4.69) is 155 Å².